The Bertz CT molecular complexity index is 501. The van der Waals surface area contributed by atoms with Crippen LogP contribution in [0.3, 0.4) is 0 Å². The summed E-state index contributed by atoms with van der Waals surface area (Å²) < 4.78 is 6.21. The maximum atomic E-state index is 12.4. The molecule has 0 bridgehead atoms. The van der Waals surface area contributed by atoms with Crippen molar-refractivity contribution in [1.29, 1.82) is 0 Å². The Morgan fingerprint density at radius 2 is 1.95 bits per heavy atom. The summed E-state index contributed by atoms with van der Waals surface area (Å²) in [7, 11) is 0. The monoisotopic (exact) mass is 301 g/mol. The average molecular weight is 301 g/mol. The van der Waals surface area contributed by atoms with E-state index in [2.05, 4.69) is 24.0 Å². The first-order valence-corrected chi connectivity index (χ1v) is 8.78. The van der Waals surface area contributed by atoms with Crippen molar-refractivity contribution in [1.82, 2.24) is 4.90 Å². The highest BCUT2D eigenvalue weighted by Crippen LogP contribution is 2.47. The van der Waals surface area contributed by atoms with Crippen LogP contribution >= 0.6 is 0 Å². The minimum atomic E-state index is -0.316. The summed E-state index contributed by atoms with van der Waals surface area (Å²) in [6, 6.07) is 10.4. The highest BCUT2D eigenvalue weighted by molar-refractivity contribution is 5.80. The van der Waals surface area contributed by atoms with Crippen LogP contribution in [0.2, 0.25) is 0 Å². The third kappa shape index (κ3) is 2.91. The van der Waals surface area contributed by atoms with Gasteiger partial charge in [-0.2, -0.15) is 0 Å². The molecule has 0 saturated carbocycles. The van der Waals surface area contributed by atoms with Crippen LogP contribution in [0.4, 0.5) is 0 Å². The molecule has 0 aliphatic carbocycles. The van der Waals surface area contributed by atoms with E-state index in [1.807, 2.05) is 18.2 Å². The second-order valence-electron chi connectivity index (χ2n) is 6.61. The highest BCUT2D eigenvalue weighted by Gasteiger charge is 2.54. The van der Waals surface area contributed by atoms with Crippen molar-refractivity contribution in [3.63, 3.8) is 0 Å². The summed E-state index contributed by atoms with van der Waals surface area (Å²) in [6.07, 6.45) is 8.77. The molecule has 0 N–H and O–H groups in total. The highest BCUT2D eigenvalue weighted by atomic mass is 16.5. The summed E-state index contributed by atoms with van der Waals surface area (Å²) in [6.45, 7) is 2.88. The predicted octanol–water partition coefficient (Wildman–Crippen LogP) is 4.44. The van der Waals surface area contributed by atoms with Gasteiger partial charge in [-0.15, -0.1) is 0 Å². The second-order valence-corrected chi connectivity index (χ2v) is 6.61. The third-order valence-electron chi connectivity index (χ3n) is 5.11. The Kier molecular flexibility index (Phi) is 4.82. The van der Waals surface area contributed by atoms with Gasteiger partial charge in [-0.3, -0.25) is 4.79 Å². The lowest BCUT2D eigenvalue weighted by Gasteiger charge is -2.33. The minimum absolute atomic E-state index is 0.104. The summed E-state index contributed by atoms with van der Waals surface area (Å²) in [4.78, 5) is 14.5. The molecule has 2 aliphatic rings. The van der Waals surface area contributed by atoms with Crippen molar-refractivity contribution in [3.8, 4) is 0 Å². The third-order valence-corrected chi connectivity index (χ3v) is 5.11. The fourth-order valence-electron chi connectivity index (χ4n) is 3.92. The number of carbonyl (C=O) groups excluding carboxylic acids is 1. The lowest BCUT2D eigenvalue weighted by Crippen LogP contribution is -2.42. The molecule has 0 radical (unpaired) electrons. The first-order valence-electron chi connectivity index (χ1n) is 8.78. The maximum absolute atomic E-state index is 12.4. The van der Waals surface area contributed by atoms with Gasteiger partial charge in [-0.25, -0.2) is 0 Å². The number of ether oxygens (including phenoxy) is 1. The van der Waals surface area contributed by atoms with Crippen molar-refractivity contribution in [3.05, 3.63) is 35.9 Å². The molecule has 2 aliphatic heterocycles. The van der Waals surface area contributed by atoms with Crippen molar-refractivity contribution in [2.45, 2.75) is 70.1 Å². The number of fused-ring (bicyclic) bond motifs is 1. The standard InChI is InChI=1S/C19H27NO2/c1-2-3-4-5-9-13-19-14-12-18(21)20(19)17(15-22-19)16-10-7-6-8-11-16/h6-8,10-11,17H,2-5,9,12-15H2,1H3/t17-,19-/m1/s1. The molecular formula is C19H27NO2. The van der Waals surface area contributed by atoms with E-state index in [0.29, 0.717) is 13.0 Å². The van der Waals surface area contributed by atoms with Gasteiger partial charge >= 0.3 is 0 Å². The van der Waals surface area contributed by atoms with Gasteiger partial charge in [0.05, 0.1) is 12.6 Å². The van der Waals surface area contributed by atoms with Crippen LogP contribution in [0.25, 0.3) is 0 Å². The zero-order valence-electron chi connectivity index (χ0n) is 13.6. The fourth-order valence-corrected chi connectivity index (χ4v) is 3.92. The van der Waals surface area contributed by atoms with Gasteiger partial charge in [0.1, 0.15) is 5.72 Å². The number of unbranched alkanes of at least 4 members (excludes halogenated alkanes) is 4. The van der Waals surface area contributed by atoms with E-state index in [-0.39, 0.29) is 17.7 Å². The largest absolute Gasteiger partial charge is 0.353 e. The van der Waals surface area contributed by atoms with Crippen LogP contribution in [-0.4, -0.2) is 23.1 Å². The van der Waals surface area contributed by atoms with Gasteiger partial charge in [0, 0.05) is 12.8 Å². The molecule has 0 spiro atoms. The van der Waals surface area contributed by atoms with E-state index < -0.39 is 0 Å². The number of rotatable bonds is 7. The summed E-state index contributed by atoms with van der Waals surface area (Å²) in [5, 5.41) is 0. The van der Waals surface area contributed by atoms with E-state index in [0.717, 1.165) is 19.3 Å². The van der Waals surface area contributed by atoms with Crippen LogP contribution in [0.1, 0.15) is 69.9 Å². The van der Waals surface area contributed by atoms with Gasteiger partial charge in [0.2, 0.25) is 5.91 Å². The van der Waals surface area contributed by atoms with Crippen molar-refractivity contribution in [2.24, 2.45) is 0 Å². The van der Waals surface area contributed by atoms with Gasteiger partial charge in [-0.05, 0) is 18.4 Å². The second kappa shape index (κ2) is 6.82. The molecular weight excluding hydrogens is 274 g/mol. The molecule has 1 aromatic rings. The molecule has 2 fully saturated rings. The summed E-state index contributed by atoms with van der Waals surface area (Å²) >= 11 is 0. The topological polar surface area (TPSA) is 29.5 Å². The molecule has 3 nitrogen and oxygen atoms in total. The Morgan fingerprint density at radius 3 is 2.73 bits per heavy atom. The summed E-state index contributed by atoms with van der Waals surface area (Å²) in [5.41, 5.74) is 0.884. The SMILES string of the molecule is CCCCCCC[C@@]12CCC(=O)N1[C@@H](c1ccccc1)CO2. The van der Waals surface area contributed by atoms with Gasteiger partial charge < -0.3 is 9.64 Å². The molecule has 2 saturated heterocycles. The van der Waals surface area contributed by atoms with E-state index in [1.54, 1.807) is 0 Å². The van der Waals surface area contributed by atoms with Crippen molar-refractivity contribution >= 4 is 5.91 Å². The predicted molar refractivity (Wildman–Crippen MR) is 87.3 cm³/mol. The zero-order chi connectivity index (χ0) is 15.4. The number of amides is 1. The number of carbonyl (C=O) groups is 1. The number of benzene rings is 1. The number of hydrogen-bond donors (Lipinski definition) is 0. The minimum Gasteiger partial charge on any atom is -0.353 e. The Morgan fingerprint density at radius 1 is 1.18 bits per heavy atom. The lowest BCUT2D eigenvalue weighted by molar-refractivity contribution is -0.139. The molecule has 0 unspecified atom stereocenters. The first-order chi connectivity index (χ1) is 10.8. The molecule has 3 rings (SSSR count). The Labute approximate surface area is 133 Å². The van der Waals surface area contributed by atoms with Gasteiger partial charge in [-0.1, -0.05) is 62.9 Å². The maximum Gasteiger partial charge on any atom is 0.225 e. The van der Waals surface area contributed by atoms with Crippen LogP contribution < -0.4 is 0 Å². The molecule has 1 aromatic carbocycles. The normalized spacial score (nSPS) is 27.4. The van der Waals surface area contributed by atoms with Crippen molar-refractivity contribution < 1.29 is 9.53 Å². The molecule has 2 heterocycles. The molecule has 1 amide bonds. The van der Waals surface area contributed by atoms with E-state index in [1.165, 1.54) is 31.2 Å². The number of hydrogen-bond acceptors (Lipinski definition) is 2. The molecule has 0 aromatic heterocycles. The first kappa shape index (κ1) is 15.5. The van der Waals surface area contributed by atoms with Gasteiger partial charge in [0.25, 0.3) is 0 Å². The Hall–Kier alpha value is -1.35. The average Bonchev–Trinajstić information content (AvgIpc) is 3.07. The zero-order valence-corrected chi connectivity index (χ0v) is 13.6. The van der Waals surface area contributed by atoms with Crippen LogP contribution in [-0.2, 0) is 9.53 Å². The number of nitrogens with zero attached hydrogens (tertiary/aromatic N) is 1. The summed E-state index contributed by atoms with van der Waals surface area (Å²) in [5.74, 6) is 0.264. The van der Waals surface area contributed by atoms with E-state index >= 15 is 0 Å². The van der Waals surface area contributed by atoms with Crippen LogP contribution in [0, 0.1) is 0 Å². The van der Waals surface area contributed by atoms with Gasteiger partial charge in [0.15, 0.2) is 0 Å². The smallest absolute Gasteiger partial charge is 0.225 e. The van der Waals surface area contributed by atoms with E-state index in [9.17, 15) is 4.79 Å². The van der Waals surface area contributed by atoms with E-state index in [4.69, 9.17) is 4.74 Å². The van der Waals surface area contributed by atoms with Crippen LogP contribution in [0.15, 0.2) is 30.3 Å². The molecule has 2 atom stereocenters. The molecule has 22 heavy (non-hydrogen) atoms. The Balaban J connectivity index is 1.68. The molecule has 3 heteroatoms. The van der Waals surface area contributed by atoms with Crippen molar-refractivity contribution in [2.75, 3.05) is 6.61 Å². The quantitative estimate of drug-likeness (QED) is 0.697. The molecule has 120 valence electrons. The fraction of sp³-hybridized carbons (Fsp3) is 0.632. The lowest BCUT2D eigenvalue weighted by atomic mass is 10.00. The van der Waals surface area contributed by atoms with Crippen LogP contribution in [0.5, 0.6) is 0 Å².